The third kappa shape index (κ3) is 2.26. The molecule has 0 aliphatic rings. The van der Waals surface area contributed by atoms with Crippen LogP contribution in [0.2, 0.25) is 0 Å². The van der Waals surface area contributed by atoms with E-state index in [4.69, 9.17) is 9.84 Å². The largest absolute Gasteiger partial charge is 0.481 e. The molecular formula is C13H12FNO2. The summed E-state index contributed by atoms with van der Waals surface area (Å²) in [7, 11) is 1.52. The Bertz CT molecular complexity index is 529. The Morgan fingerprint density at radius 2 is 2.18 bits per heavy atom. The molecular weight excluding hydrogens is 221 g/mol. The van der Waals surface area contributed by atoms with Crippen LogP contribution in [0.15, 0.2) is 36.5 Å². The molecule has 0 unspecified atom stereocenters. The topological polar surface area (TPSA) is 42.4 Å². The Kier molecular flexibility index (Phi) is 3.35. The summed E-state index contributed by atoms with van der Waals surface area (Å²) in [5.74, 6) is 0.0135. The highest BCUT2D eigenvalue weighted by molar-refractivity contribution is 5.68. The number of benzene rings is 1. The lowest BCUT2D eigenvalue weighted by atomic mass is 10.0. The average Bonchev–Trinajstić information content (AvgIpc) is 2.38. The summed E-state index contributed by atoms with van der Waals surface area (Å²) in [6.07, 6.45) is 1.61. The van der Waals surface area contributed by atoms with Crippen LogP contribution in [0.5, 0.6) is 5.88 Å². The van der Waals surface area contributed by atoms with Crippen molar-refractivity contribution in [2.24, 2.45) is 0 Å². The van der Waals surface area contributed by atoms with E-state index in [1.165, 1.54) is 13.2 Å². The van der Waals surface area contributed by atoms with Crippen LogP contribution in [0.3, 0.4) is 0 Å². The lowest BCUT2D eigenvalue weighted by molar-refractivity contribution is 0.276. The lowest BCUT2D eigenvalue weighted by Gasteiger charge is -2.08. The molecule has 0 aliphatic heterocycles. The van der Waals surface area contributed by atoms with Gasteiger partial charge in [0.2, 0.25) is 5.88 Å². The minimum absolute atomic E-state index is 0.275. The van der Waals surface area contributed by atoms with E-state index in [0.717, 1.165) is 5.56 Å². The van der Waals surface area contributed by atoms with Gasteiger partial charge in [-0.3, -0.25) is 0 Å². The molecule has 2 aromatic rings. The van der Waals surface area contributed by atoms with Gasteiger partial charge in [0.25, 0.3) is 0 Å². The molecule has 0 aliphatic carbocycles. The summed E-state index contributed by atoms with van der Waals surface area (Å²) in [6, 6.07) is 8.21. The standard InChI is InChI=1S/C13H12FNO2/c1-17-13-11(3-2-6-15-13)9-4-5-10(8-16)12(14)7-9/h2-7,16H,8H2,1H3. The maximum Gasteiger partial charge on any atom is 0.221 e. The summed E-state index contributed by atoms with van der Waals surface area (Å²) < 4.78 is 18.7. The number of rotatable bonds is 3. The number of ether oxygens (including phenoxy) is 1. The molecule has 0 bridgehead atoms. The van der Waals surface area contributed by atoms with Crippen LogP contribution in [0.25, 0.3) is 11.1 Å². The van der Waals surface area contributed by atoms with Crippen LogP contribution in [0.4, 0.5) is 4.39 Å². The predicted molar refractivity (Wildman–Crippen MR) is 62.1 cm³/mol. The second kappa shape index (κ2) is 4.93. The molecule has 1 aromatic heterocycles. The van der Waals surface area contributed by atoms with E-state index in [9.17, 15) is 4.39 Å². The van der Waals surface area contributed by atoms with Gasteiger partial charge in [0.1, 0.15) is 5.82 Å². The van der Waals surface area contributed by atoms with Crippen molar-refractivity contribution in [1.82, 2.24) is 4.98 Å². The molecule has 0 atom stereocenters. The Hall–Kier alpha value is -1.94. The van der Waals surface area contributed by atoms with Crippen molar-refractivity contribution in [1.29, 1.82) is 0 Å². The van der Waals surface area contributed by atoms with Crippen molar-refractivity contribution in [2.75, 3.05) is 7.11 Å². The molecule has 1 N–H and O–H groups in total. The predicted octanol–water partition coefficient (Wildman–Crippen LogP) is 2.39. The van der Waals surface area contributed by atoms with Gasteiger partial charge in [-0.15, -0.1) is 0 Å². The first-order valence-electron chi connectivity index (χ1n) is 5.15. The van der Waals surface area contributed by atoms with E-state index in [1.807, 2.05) is 0 Å². The first-order valence-corrected chi connectivity index (χ1v) is 5.15. The smallest absolute Gasteiger partial charge is 0.221 e. The third-order valence-electron chi connectivity index (χ3n) is 2.50. The third-order valence-corrected chi connectivity index (χ3v) is 2.50. The maximum absolute atomic E-state index is 13.6. The second-order valence-electron chi connectivity index (χ2n) is 3.52. The van der Waals surface area contributed by atoms with Crippen molar-refractivity contribution in [3.8, 4) is 17.0 Å². The number of methoxy groups -OCH3 is 1. The monoisotopic (exact) mass is 233 g/mol. The average molecular weight is 233 g/mol. The molecule has 0 saturated carbocycles. The molecule has 0 fully saturated rings. The highest BCUT2D eigenvalue weighted by Gasteiger charge is 2.09. The van der Waals surface area contributed by atoms with Crippen molar-refractivity contribution in [3.63, 3.8) is 0 Å². The molecule has 0 saturated heterocycles. The van der Waals surface area contributed by atoms with E-state index in [0.29, 0.717) is 11.4 Å². The van der Waals surface area contributed by atoms with Gasteiger partial charge in [-0.25, -0.2) is 9.37 Å². The number of halogens is 1. The van der Waals surface area contributed by atoms with E-state index < -0.39 is 5.82 Å². The Morgan fingerprint density at radius 1 is 1.35 bits per heavy atom. The fourth-order valence-electron chi connectivity index (χ4n) is 1.62. The Morgan fingerprint density at radius 3 is 2.82 bits per heavy atom. The summed E-state index contributed by atoms with van der Waals surface area (Å²) in [4.78, 5) is 4.05. The number of hydrogen-bond acceptors (Lipinski definition) is 3. The molecule has 3 nitrogen and oxygen atoms in total. The summed E-state index contributed by atoms with van der Waals surface area (Å²) in [5, 5.41) is 8.90. The van der Waals surface area contributed by atoms with E-state index in [1.54, 1.807) is 30.5 Å². The van der Waals surface area contributed by atoms with Gasteiger partial charge in [0.05, 0.1) is 13.7 Å². The summed E-state index contributed by atoms with van der Waals surface area (Å²) >= 11 is 0. The molecule has 4 heteroatoms. The zero-order chi connectivity index (χ0) is 12.3. The van der Waals surface area contributed by atoms with Crippen LogP contribution in [-0.4, -0.2) is 17.2 Å². The lowest BCUT2D eigenvalue weighted by Crippen LogP contribution is -1.93. The molecule has 0 radical (unpaired) electrons. The molecule has 1 heterocycles. The summed E-state index contributed by atoms with van der Waals surface area (Å²) in [6.45, 7) is -0.309. The SMILES string of the molecule is COc1ncccc1-c1ccc(CO)c(F)c1. The number of nitrogens with zero attached hydrogens (tertiary/aromatic N) is 1. The van der Waals surface area contributed by atoms with Gasteiger partial charge in [-0.1, -0.05) is 12.1 Å². The fourth-order valence-corrected chi connectivity index (χ4v) is 1.62. The summed E-state index contributed by atoms with van der Waals surface area (Å²) in [5.41, 5.74) is 1.67. The quantitative estimate of drug-likeness (QED) is 0.885. The first kappa shape index (κ1) is 11.5. The van der Waals surface area contributed by atoms with Gasteiger partial charge in [0, 0.05) is 17.3 Å². The van der Waals surface area contributed by atoms with E-state index in [-0.39, 0.29) is 12.2 Å². The molecule has 17 heavy (non-hydrogen) atoms. The zero-order valence-electron chi connectivity index (χ0n) is 9.35. The minimum atomic E-state index is -0.434. The normalized spacial score (nSPS) is 10.3. The van der Waals surface area contributed by atoms with Gasteiger partial charge >= 0.3 is 0 Å². The number of aliphatic hydroxyl groups excluding tert-OH is 1. The van der Waals surface area contributed by atoms with Crippen LogP contribution in [0, 0.1) is 5.82 Å². The van der Waals surface area contributed by atoms with Crippen LogP contribution in [-0.2, 0) is 6.61 Å². The minimum Gasteiger partial charge on any atom is -0.481 e. The number of aliphatic hydroxyl groups is 1. The molecule has 0 amide bonds. The van der Waals surface area contributed by atoms with Gasteiger partial charge in [-0.05, 0) is 23.8 Å². The fraction of sp³-hybridized carbons (Fsp3) is 0.154. The van der Waals surface area contributed by atoms with Gasteiger partial charge in [0.15, 0.2) is 0 Å². The molecule has 2 rings (SSSR count). The molecule has 88 valence electrons. The van der Waals surface area contributed by atoms with Gasteiger partial charge in [-0.2, -0.15) is 0 Å². The highest BCUT2D eigenvalue weighted by atomic mass is 19.1. The van der Waals surface area contributed by atoms with Crippen molar-refractivity contribution < 1.29 is 14.2 Å². The first-order chi connectivity index (χ1) is 8.26. The Balaban J connectivity index is 2.49. The number of pyridine rings is 1. The molecule has 1 aromatic carbocycles. The van der Waals surface area contributed by atoms with Crippen molar-refractivity contribution in [3.05, 3.63) is 47.9 Å². The van der Waals surface area contributed by atoms with Crippen molar-refractivity contribution in [2.45, 2.75) is 6.61 Å². The second-order valence-corrected chi connectivity index (χ2v) is 3.52. The van der Waals surface area contributed by atoms with E-state index >= 15 is 0 Å². The zero-order valence-corrected chi connectivity index (χ0v) is 9.35. The number of aromatic nitrogens is 1. The Labute approximate surface area is 98.5 Å². The van der Waals surface area contributed by atoms with Gasteiger partial charge < -0.3 is 9.84 Å². The highest BCUT2D eigenvalue weighted by Crippen LogP contribution is 2.28. The van der Waals surface area contributed by atoms with Crippen LogP contribution < -0.4 is 4.74 Å². The maximum atomic E-state index is 13.6. The van der Waals surface area contributed by atoms with Crippen LogP contribution >= 0.6 is 0 Å². The molecule has 0 spiro atoms. The number of hydrogen-bond donors (Lipinski definition) is 1. The van der Waals surface area contributed by atoms with E-state index in [2.05, 4.69) is 4.98 Å². The van der Waals surface area contributed by atoms with Crippen LogP contribution in [0.1, 0.15) is 5.56 Å². The van der Waals surface area contributed by atoms with Crippen molar-refractivity contribution >= 4 is 0 Å².